The molecule has 0 aromatic rings. The Morgan fingerprint density at radius 1 is 1.50 bits per heavy atom. The molecular weight excluding hydrogens is 228 g/mol. The highest BCUT2D eigenvalue weighted by molar-refractivity contribution is 7.84. The molecule has 1 aliphatic rings. The van der Waals surface area contributed by atoms with Crippen LogP contribution in [0.5, 0.6) is 0 Å². The van der Waals surface area contributed by atoms with Gasteiger partial charge in [0.25, 0.3) is 0 Å². The molecule has 1 rings (SSSR count). The summed E-state index contributed by atoms with van der Waals surface area (Å²) >= 11 is 0. The molecule has 2 unspecified atom stereocenters. The standard InChI is InChI=1S/C10H18N2O3S/c1-3-4-8-10(14)12(5-6-16(2)15)7-9(13)11-8/h8H,3-7H2,1-2H3,(H,11,13). The molecule has 5 nitrogen and oxygen atoms in total. The minimum atomic E-state index is -0.934. The number of nitrogens with zero attached hydrogens (tertiary/aromatic N) is 1. The summed E-state index contributed by atoms with van der Waals surface area (Å²) in [5, 5.41) is 2.68. The summed E-state index contributed by atoms with van der Waals surface area (Å²) in [6.45, 7) is 2.46. The summed E-state index contributed by atoms with van der Waals surface area (Å²) in [5.74, 6) is 0.254. The van der Waals surface area contributed by atoms with Gasteiger partial charge in [-0.1, -0.05) is 13.3 Å². The van der Waals surface area contributed by atoms with Crippen molar-refractivity contribution in [1.82, 2.24) is 10.2 Å². The Morgan fingerprint density at radius 2 is 2.19 bits per heavy atom. The summed E-state index contributed by atoms with van der Waals surface area (Å²) in [7, 11) is -0.934. The lowest BCUT2D eigenvalue weighted by atomic mass is 10.1. The fourth-order valence-corrected chi connectivity index (χ4v) is 2.16. The quantitative estimate of drug-likeness (QED) is 0.710. The van der Waals surface area contributed by atoms with E-state index in [1.165, 1.54) is 4.90 Å². The van der Waals surface area contributed by atoms with Gasteiger partial charge in [0.1, 0.15) is 6.04 Å². The summed E-state index contributed by atoms with van der Waals surface area (Å²) < 4.78 is 11.0. The van der Waals surface area contributed by atoms with Crippen molar-refractivity contribution < 1.29 is 13.8 Å². The van der Waals surface area contributed by atoms with Gasteiger partial charge in [-0.05, 0) is 6.42 Å². The molecule has 0 saturated carbocycles. The van der Waals surface area contributed by atoms with E-state index in [2.05, 4.69) is 5.32 Å². The maximum atomic E-state index is 11.9. The van der Waals surface area contributed by atoms with E-state index in [1.807, 2.05) is 6.92 Å². The van der Waals surface area contributed by atoms with Gasteiger partial charge in [0, 0.05) is 29.4 Å². The Labute approximate surface area is 98.0 Å². The lowest BCUT2D eigenvalue weighted by Crippen LogP contribution is -2.58. The molecule has 2 atom stereocenters. The van der Waals surface area contributed by atoms with E-state index < -0.39 is 16.8 Å². The summed E-state index contributed by atoms with van der Waals surface area (Å²) in [6.07, 6.45) is 3.11. The monoisotopic (exact) mass is 246 g/mol. The van der Waals surface area contributed by atoms with Gasteiger partial charge in [-0.15, -0.1) is 0 Å². The fraction of sp³-hybridized carbons (Fsp3) is 0.800. The maximum Gasteiger partial charge on any atom is 0.245 e. The number of amides is 2. The zero-order valence-corrected chi connectivity index (χ0v) is 10.5. The van der Waals surface area contributed by atoms with Crippen molar-refractivity contribution in [3.05, 3.63) is 0 Å². The van der Waals surface area contributed by atoms with Crippen LogP contribution >= 0.6 is 0 Å². The Morgan fingerprint density at radius 3 is 2.75 bits per heavy atom. The topological polar surface area (TPSA) is 66.5 Å². The van der Waals surface area contributed by atoms with E-state index in [4.69, 9.17) is 0 Å². The van der Waals surface area contributed by atoms with E-state index in [0.29, 0.717) is 18.7 Å². The average Bonchev–Trinajstić information content (AvgIpc) is 2.21. The molecule has 2 amide bonds. The third-order valence-electron chi connectivity index (χ3n) is 2.51. The van der Waals surface area contributed by atoms with Crippen molar-refractivity contribution in [3.63, 3.8) is 0 Å². The fourth-order valence-electron chi connectivity index (χ4n) is 1.69. The van der Waals surface area contributed by atoms with Crippen molar-refractivity contribution >= 4 is 22.6 Å². The molecule has 0 radical (unpaired) electrons. The number of rotatable bonds is 5. The minimum absolute atomic E-state index is 0.0492. The van der Waals surface area contributed by atoms with E-state index in [9.17, 15) is 13.8 Å². The molecule has 0 aromatic heterocycles. The molecule has 16 heavy (non-hydrogen) atoms. The number of hydrogen-bond donors (Lipinski definition) is 1. The van der Waals surface area contributed by atoms with Gasteiger partial charge in [-0.25, -0.2) is 0 Å². The lowest BCUT2D eigenvalue weighted by Gasteiger charge is -2.32. The van der Waals surface area contributed by atoms with Gasteiger partial charge in [-0.2, -0.15) is 0 Å². The van der Waals surface area contributed by atoms with E-state index >= 15 is 0 Å². The van der Waals surface area contributed by atoms with Gasteiger partial charge >= 0.3 is 0 Å². The van der Waals surface area contributed by atoms with Crippen molar-refractivity contribution in [2.24, 2.45) is 0 Å². The van der Waals surface area contributed by atoms with Crippen LogP contribution < -0.4 is 5.32 Å². The normalized spacial score (nSPS) is 23.1. The molecule has 1 heterocycles. The van der Waals surface area contributed by atoms with Crippen LogP contribution in [0.15, 0.2) is 0 Å². The first kappa shape index (κ1) is 13.2. The molecule has 0 spiro atoms. The van der Waals surface area contributed by atoms with Crippen molar-refractivity contribution in [3.8, 4) is 0 Å². The maximum absolute atomic E-state index is 11.9. The van der Waals surface area contributed by atoms with Gasteiger partial charge < -0.3 is 10.2 Å². The first-order valence-corrected chi connectivity index (χ1v) is 7.15. The van der Waals surface area contributed by atoms with Gasteiger partial charge in [0.15, 0.2) is 0 Å². The Bertz CT molecular complexity index is 306. The number of nitrogens with one attached hydrogen (secondary N) is 1. The van der Waals surface area contributed by atoms with Crippen LogP contribution in [0.2, 0.25) is 0 Å². The van der Waals surface area contributed by atoms with Crippen LogP contribution in [-0.4, -0.2) is 52.1 Å². The van der Waals surface area contributed by atoms with Gasteiger partial charge in [0.2, 0.25) is 11.8 Å². The molecule has 6 heteroatoms. The number of hydrogen-bond acceptors (Lipinski definition) is 3. The lowest BCUT2D eigenvalue weighted by molar-refractivity contribution is -0.144. The highest BCUT2D eigenvalue weighted by Gasteiger charge is 2.31. The summed E-state index contributed by atoms with van der Waals surface area (Å²) in [5.41, 5.74) is 0. The Hall–Kier alpha value is -0.910. The number of piperazine rings is 1. The van der Waals surface area contributed by atoms with Crippen molar-refractivity contribution in [2.45, 2.75) is 25.8 Å². The van der Waals surface area contributed by atoms with Gasteiger partial charge in [-0.3, -0.25) is 13.8 Å². The Kier molecular flexibility index (Phi) is 4.92. The number of carbonyl (C=O) groups is 2. The van der Waals surface area contributed by atoms with E-state index in [1.54, 1.807) is 6.26 Å². The minimum Gasteiger partial charge on any atom is -0.343 e. The first-order valence-electron chi connectivity index (χ1n) is 5.42. The third-order valence-corrected chi connectivity index (χ3v) is 3.26. The predicted molar refractivity (Wildman–Crippen MR) is 62.4 cm³/mol. The molecule has 1 saturated heterocycles. The molecule has 0 aromatic carbocycles. The predicted octanol–water partition coefficient (Wildman–Crippen LogP) is -0.508. The van der Waals surface area contributed by atoms with Gasteiger partial charge in [0.05, 0.1) is 6.54 Å². The summed E-state index contributed by atoms with van der Waals surface area (Å²) in [6, 6.07) is -0.392. The molecule has 1 aliphatic heterocycles. The molecule has 0 bridgehead atoms. The van der Waals surface area contributed by atoms with Crippen LogP contribution in [0.1, 0.15) is 19.8 Å². The second kappa shape index (κ2) is 5.98. The molecule has 0 aliphatic carbocycles. The van der Waals surface area contributed by atoms with Crippen LogP contribution in [0.25, 0.3) is 0 Å². The van der Waals surface area contributed by atoms with Crippen LogP contribution in [0.4, 0.5) is 0 Å². The molecule has 1 N–H and O–H groups in total. The second-order valence-corrected chi connectivity index (χ2v) is 5.50. The van der Waals surface area contributed by atoms with Crippen molar-refractivity contribution in [1.29, 1.82) is 0 Å². The largest absolute Gasteiger partial charge is 0.343 e. The highest BCUT2D eigenvalue weighted by Crippen LogP contribution is 2.07. The third kappa shape index (κ3) is 3.59. The zero-order chi connectivity index (χ0) is 12.1. The number of carbonyl (C=O) groups excluding carboxylic acids is 2. The zero-order valence-electron chi connectivity index (χ0n) is 9.69. The van der Waals surface area contributed by atoms with E-state index in [0.717, 1.165) is 6.42 Å². The smallest absolute Gasteiger partial charge is 0.245 e. The highest BCUT2D eigenvalue weighted by atomic mass is 32.2. The van der Waals surface area contributed by atoms with Crippen LogP contribution in [-0.2, 0) is 20.4 Å². The second-order valence-electron chi connectivity index (χ2n) is 3.95. The van der Waals surface area contributed by atoms with E-state index in [-0.39, 0.29) is 18.4 Å². The van der Waals surface area contributed by atoms with Crippen LogP contribution in [0.3, 0.4) is 0 Å². The Balaban J connectivity index is 2.58. The van der Waals surface area contributed by atoms with Crippen molar-refractivity contribution in [2.75, 3.05) is 25.1 Å². The molecular formula is C10H18N2O3S. The first-order chi connectivity index (χ1) is 7.54. The molecule has 92 valence electrons. The summed E-state index contributed by atoms with van der Waals surface area (Å²) in [4.78, 5) is 24.8. The van der Waals surface area contributed by atoms with Crippen LogP contribution in [0, 0.1) is 0 Å². The molecule has 1 fully saturated rings. The SMILES string of the molecule is CCCC1NC(=O)CN(CCS(C)=O)C1=O. The average molecular weight is 246 g/mol.